The number of amides is 1. The quantitative estimate of drug-likeness (QED) is 0.546. The second-order valence-electron chi connectivity index (χ2n) is 7.85. The van der Waals surface area contributed by atoms with E-state index in [2.05, 4.69) is 4.90 Å². The summed E-state index contributed by atoms with van der Waals surface area (Å²) in [5.41, 5.74) is 0.887. The van der Waals surface area contributed by atoms with Crippen molar-refractivity contribution in [2.75, 3.05) is 38.2 Å². The Morgan fingerprint density at radius 2 is 1.81 bits per heavy atom. The number of carbonyl (C=O) groups excluding carboxylic acids is 1. The zero-order valence-corrected chi connectivity index (χ0v) is 19.3. The maximum atomic E-state index is 13.1. The maximum absolute atomic E-state index is 13.1. The first-order valence-corrected chi connectivity index (χ1v) is 11.8. The average Bonchev–Trinajstić information content (AvgIpc) is 3.32. The molecule has 1 aliphatic rings. The van der Waals surface area contributed by atoms with Crippen LogP contribution in [-0.2, 0) is 17.9 Å². The van der Waals surface area contributed by atoms with Gasteiger partial charge in [0.1, 0.15) is 17.0 Å². The first-order valence-electron chi connectivity index (χ1n) is 10.9. The highest BCUT2D eigenvalue weighted by Gasteiger charge is 2.24. The van der Waals surface area contributed by atoms with E-state index in [4.69, 9.17) is 4.74 Å². The molecule has 0 N–H and O–H groups in total. The number of hydrogen-bond acceptors (Lipinski definition) is 6. The molecule has 1 amide bonds. The standard InChI is InChI=1S/C23H28N4O4S/c1-3-4-10-26-22(29)21-18(9-15-32-21)27(23(26)30)16-20(28)25-13-11-24(12-14-25)17-7-5-6-8-19(17)31-2/h5-9,15H,3-4,10-14,16H2,1-2H3. The topological polar surface area (TPSA) is 76.8 Å². The van der Waals surface area contributed by atoms with Gasteiger partial charge < -0.3 is 14.5 Å². The lowest BCUT2D eigenvalue weighted by Gasteiger charge is -2.36. The molecule has 0 saturated carbocycles. The number of methoxy groups -OCH3 is 1. The first kappa shape index (κ1) is 22.1. The summed E-state index contributed by atoms with van der Waals surface area (Å²) in [6.07, 6.45) is 1.62. The third-order valence-corrected chi connectivity index (χ3v) is 6.81. The Labute approximate surface area is 190 Å². The number of nitrogens with zero attached hydrogens (tertiary/aromatic N) is 4. The Morgan fingerprint density at radius 3 is 2.53 bits per heavy atom. The van der Waals surface area contributed by atoms with Crippen LogP contribution in [0, 0.1) is 0 Å². The fourth-order valence-corrected chi connectivity index (χ4v) is 4.97. The summed E-state index contributed by atoms with van der Waals surface area (Å²) in [5.74, 6) is 0.702. The number of unbranched alkanes of at least 4 members (excludes halogenated alkanes) is 1. The second-order valence-corrected chi connectivity index (χ2v) is 8.77. The number of para-hydroxylation sites is 2. The van der Waals surface area contributed by atoms with Gasteiger partial charge in [-0.1, -0.05) is 25.5 Å². The minimum absolute atomic E-state index is 0.0624. The minimum atomic E-state index is -0.407. The number of rotatable bonds is 7. The van der Waals surface area contributed by atoms with Crippen LogP contribution in [0.25, 0.3) is 10.2 Å². The van der Waals surface area contributed by atoms with Crippen LogP contribution in [-0.4, -0.2) is 53.2 Å². The molecule has 9 heteroatoms. The number of thiophene rings is 1. The third kappa shape index (κ3) is 4.17. The van der Waals surface area contributed by atoms with Gasteiger partial charge in [-0.05, 0) is 30.0 Å². The predicted octanol–water partition coefficient (Wildman–Crippen LogP) is 2.38. The molecule has 0 bridgehead atoms. The minimum Gasteiger partial charge on any atom is -0.495 e. The molecular formula is C23H28N4O4S. The number of ether oxygens (including phenoxy) is 1. The fraction of sp³-hybridized carbons (Fsp3) is 0.435. The van der Waals surface area contributed by atoms with Crippen molar-refractivity contribution in [2.45, 2.75) is 32.9 Å². The maximum Gasteiger partial charge on any atom is 0.332 e. The smallest absolute Gasteiger partial charge is 0.332 e. The number of carbonyl (C=O) groups is 1. The van der Waals surface area contributed by atoms with E-state index in [0.29, 0.717) is 42.9 Å². The van der Waals surface area contributed by atoms with E-state index in [0.717, 1.165) is 24.3 Å². The molecule has 32 heavy (non-hydrogen) atoms. The van der Waals surface area contributed by atoms with Crippen molar-refractivity contribution in [1.82, 2.24) is 14.0 Å². The van der Waals surface area contributed by atoms with Crippen LogP contribution in [0.4, 0.5) is 5.69 Å². The highest BCUT2D eigenvalue weighted by Crippen LogP contribution is 2.28. The number of anilines is 1. The summed E-state index contributed by atoms with van der Waals surface area (Å²) in [7, 11) is 1.65. The zero-order valence-electron chi connectivity index (χ0n) is 18.5. The van der Waals surface area contributed by atoms with Crippen LogP contribution in [0.2, 0.25) is 0 Å². The molecule has 1 fully saturated rings. The normalized spacial score (nSPS) is 14.2. The van der Waals surface area contributed by atoms with Gasteiger partial charge in [0.2, 0.25) is 5.91 Å². The highest BCUT2D eigenvalue weighted by atomic mass is 32.1. The van der Waals surface area contributed by atoms with E-state index in [1.165, 1.54) is 20.5 Å². The molecule has 3 heterocycles. The zero-order chi connectivity index (χ0) is 22.7. The molecule has 1 saturated heterocycles. The summed E-state index contributed by atoms with van der Waals surface area (Å²) in [6, 6.07) is 9.60. The molecule has 0 radical (unpaired) electrons. The number of piperazine rings is 1. The molecule has 1 aromatic carbocycles. The molecule has 1 aliphatic heterocycles. The third-order valence-electron chi connectivity index (χ3n) is 5.92. The van der Waals surface area contributed by atoms with Crippen molar-refractivity contribution in [3.8, 4) is 5.75 Å². The molecule has 8 nitrogen and oxygen atoms in total. The van der Waals surface area contributed by atoms with Crippen LogP contribution < -0.4 is 20.9 Å². The Balaban J connectivity index is 1.52. The van der Waals surface area contributed by atoms with E-state index < -0.39 is 5.69 Å². The van der Waals surface area contributed by atoms with Gasteiger partial charge in [0.05, 0.1) is 18.3 Å². The van der Waals surface area contributed by atoms with Gasteiger partial charge in [0.15, 0.2) is 0 Å². The number of aromatic nitrogens is 2. The first-order chi connectivity index (χ1) is 15.5. The number of fused-ring (bicyclic) bond motifs is 1. The van der Waals surface area contributed by atoms with Gasteiger partial charge in [0.25, 0.3) is 5.56 Å². The van der Waals surface area contributed by atoms with E-state index >= 15 is 0 Å². The molecule has 0 spiro atoms. The second kappa shape index (κ2) is 9.60. The molecule has 3 aromatic rings. The molecule has 0 aliphatic carbocycles. The fourth-order valence-electron chi connectivity index (χ4n) is 4.12. The van der Waals surface area contributed by atoms with Gasteiger partial charge >= 0.3 is 5.69 Å². The molecule has 170 valence electrons. The molecule has 4 rings (SSSR count). The van der Waals surface area contributed by atoms with E-state index in [-0.39, 0.29) is 18.0 Å². The summed E-state index contributed by atoms with van der Waals surface area (Å²) in [4.78, 5) is 42.9. The summed E-state index contributed by atoms with van der Waals surface area (Å²) in [6.45, 7) is 4.82. The van der Waals surface area contributed by atoms with Crippen molar-refractivity contribution >= 4 is 33.1 Å². The van der Waals surface area contributed by atoms with E-state index in [9.17, 15) is 14.4 Å². The van der Waals surface area contributed by atoms with Gasteiger partial charge in [-0.15, -0.1) is 11.3 Å². The lowest BCUT2D eigenvalue weighted by Crippen LogP contribution is -2.50. The summed E-state index contributed by atoms with van der Waals surface area (Å²) >= 11 is 1.31. The van der Waals surface area contributed by atoms with Gasteiger partial charge in [0, 0.05) is 32.7 Å². The number of benzene rings is 1. The van der Waals surface area contributed by atoms with Crippen molar-refractivity contribution < 1.29 is 9.53 Å². The summed E-state index contributed by atoms with van der Waals surface area (Å²) < 4.78 is 8.71. The highest BCUT2D eigenvalue weighted by molar-refractivity contribution is 7.17. The largest absolute Gasteiger partial charge is 0.495 e. The Morgan fingerprint density at radius 1 is 1.06 bits per heavy atom. The van der Waals surface area contributed by atoms with Crippen molar-refractivity contribution in [3.05, 3.63) is 56.5 Å². The van der Waals surface area contributed by atoms with Crippen LogP contribution in [0.5, 0.6) is 5.75 Å². The lowest BCUT2D eigenvalue weighted by atomic mass is 10.2. The van der Waals surface area contributed by atoms with Crippen molar-refractivity contribution in [3.63, 3.8) is 0 Å². The van der Waals surface area contributed by atoms with Crippen LogP contribution in [0.15, 0.2) is 45.3 Å². The average molecular weight is 457 g/mol. The SMILES string of the molecule is CCCCn1c(=O)c2sccc2n(CC(=O)N2CCN(c3ccccc3OC)CC2)c1=O. The lowest BCUT2D eigenvalue weighted by molar-refractivity contribution is -0.132. The molecule has 2 aromatic heterocycles. The van der Waals surface area contributed by atoms with Crippen molar-refractivity contribution in [2.24, 2.45) is 0 Å². The Kier molecular flexibility index (Phi) is 6.64. The van der Waals surface area contributed by atoms with Crippen molar-refractivity contribution in [1.29, 1.82) is 0 Å². The van der Waals surface area contributed by atoms with Crippen LogP contribution in [0.3, 0.4) is 0 Å². The summed E-state index contributed by atoms with van der Waals surface area (Å²) in [5, 5.41) is 1.79. The Hall–Kier alpha value is -3.07. The van der Waals surface area contributed by atoms with Crippen LogP contribution >= 0.6 is 11.3 Å². The van der Waals surface area contributed by atoms with E-state index in [1.54, 1.807) is 23.5 Å². The molecular weight excluding hydrogens is 428 g/mol. The predicted molar refractivity (Wildman–Crippen MR) is 127 cm³/mol. The van der Waals surface area contributed by atoms with Gasteiger partial charge in [-0.3, -0.25) is 18.7 Å². The van der Waals surface area contributed by atoms with E-state index in [1.807, 2.05) is 31.2 Å². The molecule has 0 unspecified atom stereocenters. The Bertz CT molecular complexity index is 1220. The van der Waals surface area contributed by atoms with Gasteiger partial charge in [-0.25, -0.2) is 4.79 Å². The monoisotopic (exact) mass is 456 g/mol. The van der Waals surface area contributed by atoms with Gasteiger partial charge in [-0.2, -0.15) is 0 Å². The van der Waals surface area contributed by atoms with Crippen LogP contribution in [0.1, 0.15) is 19.8 Å². The number of hydrogen-bond donors (Lipinski definition) is 0. The molecule has 0 atom stereocenters.